The number of para-hydroxylation sites is 7. The number of aromatic nitrogens is 9. The van der Waals surface area contributed by atoms with E-state index in [0.29, 0.717) is 23.4 Å². The van der Waals surface area contributed by atoms with E-state index < -0.39 is 0 Å². The molecule has 0 spiro atoms. The van der Waals surface area contributed by atoms with Gasteiger partial charge in [0.1, 0.15) is 0 Å². The molecule has 0 radical (unpaired) electrons. The van der Waals surface area contributed by atoms with Gasteiger partial charge in [-0.25, -0.2) is 24.9 Å². The molecule has 0 aliphatic rings. The highest BCUT2D eigenvalue weighted by Gasteiger charge is 2.23. The van der Waals surface area contributed by atoms with Crippen LogP contribution >= 0.6 is 0 Å². The van der Waals surface area contributed by atoms with Crippen molar-refractivity contribution in [3.8, 4) is 79.6 Å². The Morgan fingerprint density at radius 2 is 0.551 bits per heavy atom. The van der Waals surface area contributed by atoms with E-state index in [1.54, 1.807) is 0 Å². The maximum Gasteiger partial charge on any atom is 0.235 e. The van der Waals surface area contributed by atoms with Gasteiger partial charge in [0.05, 0.1) is 55.3 Å². The first kappa shape index (κ1) is 56.2. The van der Waals surface area contributed by atoms with Crippen molar-refractivity contribution in [1.29, 1.82) is 0 Å². The Morgan fingerprint density at radius 3 is 1.10 bits per heavy atom. The molecule has 20 rings (SSSR count). The minimum atomic E-state index is 0.639. The van der Waals surface area contributed by atoms with Crippen LogP contribution in [0.15, 0.2) is 346 Å². The lowest BCUT2D eigenvalue weighted by Crippen LogP contribution is -2.03. The van der Waals surface area contributed by atoms with Crippen LogP contribution in [0.5, 0.6) is 0 Å². The van der Waals surface area contributed by atoms with E-state index in [1.807, 2.05) is 72.8 Å². The maximum absolute atomic E-state index is 5.23. The molecule has 458 valence electrons. The lowest BCUT2D eigenvalue weighted by molar-refractivity contribution is 1.01. The molecule has 0 saturated carbocycles. The van der Waals surface area contributed by atoms with Gasteiger partial charge in [0.15, 0.2) is 17.5 Å². The molecule has 0 saturated heterocycles. The number of fused-ring (bicyclic) bond motifs is 14. The molecular formula is C89H57N9. The van der Waals surface area contributed by atoms with Crippen LogP contribution in [0.2, 0.25) is 0 Å². The molecule has 98 heavy (non-hydrogen) atoms. The average Bonchev–Trinajstić information content (AvgIpc) is 1.57. The summed E-state index contributed by atoms with van der Waals surface area (Å²) in [6, 6.07) is 122. The third-order valence-corrected chi connectivity index (χ3v) is 19.1. The van der Waals surface area contributed by atoms with Gasteiger partial charge in [-0.2, -0.15) is 0 Å². The third kappa shape index (κ3) is 9.35. The van der Waals surface area contributed by atoms with Crippen LogP contribution in [-0.2, 0) is 0 Å². The molecule has 6 aromatic heterocycles. The van der Waals surface area contributed by atoms with Crippen LogP contribution in [-0.4, -0.2) is 43.2 Å². The molecular weight excluding hydrogens is 1200 g/mol. The predicted molar refractivity (Wildman–Crippen MR) is 404 cm³/mol. The van der Waals surface area contributed by atoms with E-state index in [-0.39, 0.29) is 0 Å². The molecule has 0 atom stereocenters. The Kier molecular flexibility index (Phi) is 13.3. The lowest BCUT2D eigenvalue weighted by Gasteiger charge is -2.12. The van der Waals surface area contributed by atoms with Gasteiger partial charge in [-0.15, -0.1) is 0 Å². The minimum Gasteiger partial charge on any atom is -0.309 e. The van der Waals surface area contributed by atoms with E-state index >= 15 is 0 Å². The van der Waals surface area contributed by atoms with Crippen molar-refractivity contribution in [2.75, 3.05) is 0 Å². The van der Waals surface area contributed by atoms with Gasteiger partial charge in [0, 0.05) is 87.8 Å². The standard InChI is InChI=1S/C45H29N5.C44H28N4/c1-4-14-30(15-5-1)43-46-44(31-16-6-2-7-17-31)48-45(47-43)32-24-26-34(27-25-32)49-39-23-13-11-21-37(39)41-40(49)29-28-36-35-20-10-12-22-38(35)50(42(36)41)33-18-8-3-9-19-33;1-3-13-29(14-4-1)43-35-19-7-10-20-38(35)45-44(46-43)48-40-22-12-9-18-34(40)37-28-31(24-26-42(37)48)30-23-25-41-36(27-30)33-17-8-11-21-39(33)47(41)32-15-5-2-6-16-32/h1-29H;1-28H. The first-order chi connectivity index (χ1) is 48.6. The van der Waals surface area contributed by atoms with Crippen molar-refractivity contribution in [3.63, 3.8) is 0 Å². The Bertz CT molecular complexity index is 6400. The van der Waals surface area contributed by atoms with Crippen molar-refractivity contribution in [2.45, 2.75) is 0 Å². The fraction of sp³-hybridized carbons (Fsp3) is 0. The van der Waals surface area contributed by atoms with Crippen LogP contribution in [0, 0.1) is 0 Å². The molecule has 0 aliphatic heterocycles. The second-order valence-corrected chi connectivity index (χ2v) is 24.7. The highest BCUT2D eigenvalue weighted by Crippen LogP contribution is 2.44. The summed E-state index contributed by atoms with van der Waals surface area (Å²) in [7, 11) is 0. The Hall–Kier alpha value is -13.4. The van der Waals surface area contributed by atoms with Gasteiger partial charge in [-0.1, -0.05) is 237 Å². The van der Waals surface area contributed by atoms with Crippen LogP contribution in [0.1, 0.15) is 0 Å². The summed E-state index contributed by atoms with van der Waals surface area (Å²) in [6.45, 7) is 0. The second kappa shape index (κ2) is 23.3. The monoisotopic (exact) mass is 1250 g/mol. The van der Waals surface area contributed by atoms with E-state index in [9.17, 15) is 0 Å². The van der Waals surface area contributed by atoms with Crippen LogP contribution in [0.3, 0.4) is 0 Å². The number of hydrogen-bond acceptors (Lipinski definition) is 5. The quantitative estimate of drug-likeness (QED) is 0.144. The second-order valence-electron chi connectivity index (χ2n) is 24.7. The lowest BCUT2D eigenvalue weighted by atomic mass is 10.0. The molecule has 0 unspecified atom stereocenters. The summed E-state index contributed by atoms with van der Waals surface area (Å²) in [6.07, 6.45) is 0. The zero-order valence-corrected chi connectivity index (χ0v) is 52.9. The molecule has 0 bridgehead atoms. The van der Waals surface area contributed by atoms with E-state index in [2.05, 4.69) is 291 Å². The largest absolute Gasteiger partial charge is 0.309 e. The number of nitrogens with zero attached hydrogens (tertiary/aromatic N) is 9. The summed E-state index contributed by atoms with van der Waals surface area (Å²) >= 11 is 0. The summed E-state index contributed by atoms with van der Waals surface area (Å²) < 4.78 is 9.36. The maximum atomic E-state index is 5.23. The minimum absolute atomic E-state index is 0.639. The van der Waals surface area contributed by atoms with Crippen LogP contribution in [0.4, 0.5) is 0 Å². The first-order valence-corrected chi connectivity index (χ1v) is 33.1. The molecule has 20 aromatic rings. The van der Waals surface area contributed by atoms with Crippen molar-refractivity contribution in [2.24, 2.45) is 0 Å². The normalized spacial score (nSPS) is 11.7. The third-order valence-electron chi connectivity index (χ3n) is 19.1. The van der Waals surface area contributed by atoms with Crippen molar-refractivity contribution in [3.05, 3.63) is 346 Å². The Morgan fingerprint density at radius 1 is 0.194 bits per heavy atom. The highest BCUT2D eigenvalue weighted by atomic mass is 15.2. The van der Waals surface area contributed by atoms with Gasteiger partial charge < -0.3 is 13.7 Å². The SMILES string of the molecule is c1ccc(-c2nc(-c3ccccc3)nc(-c3ccc(-n4c5ccccc5c5c4ccc4c6ccccc6n(-c6ccccc6)c45)cc3)n2)cc1.c1ccc(-c2nc(-n3c4ccccc4c4cc(-c5ccc6c(c5)c5ccccc5n6-c5ccccc5)ccc43)nc3ccccc23)cc1. The summed E-state index contributed by atoms with van der Waals surface area (Å²) in [5.74, 6) is 2.61. The highest BCUT2D eigenvalue weighted by molar-refractivity contribution is 6.26. The number of benzene rings is 14. The van der Waals surface area contributed by atoms with Gasteiger partial charge in [-0.3, -0.25) is 4.57 Å². The van der Waals surface area contributed by atoms with E-state index in [1.165, 1.54) is 76.3 Å². The Labute approximate surface area is 563 Å². The van der Waals surface area contributed by atoms with Crippen molar-refractivity contribution < 1.29 is 0 Å². The molecule has 9 heteroatoms. The summed E-state index contributed by atoms with van der Waals surface area (Å²) in [5, 5.41) is 10.8. The first-order valence-electron chi connectivity index (χ1n) is 33.1. The van der Waals surface area contributed by atoms with Gasteiger partial charge in [0.25, 0.3) is 0 Å². The molecule has 0 fully saturated rings. The smallest absolute Gasteiger partial charge is 0.235 e. The average molecular weight is 1250 g/mol. The van der Waals surface area contributed by atoms with Crippen LogP contribution < -0.4 is 0 Å². The fourth-order valence-corrected chi connectivity index (χ4v) is 14.7. The molecule has 0 N–H and O–H groups in total. The molecule has 0 amide bonds. The van der Waals surface area contributed by atoms with E-state index in [0.717, 1.165) is 78.0 Å². The van der Waals surface area contributed by atoms with E-state index in [4.69, 9.17) is 24.9 Å². The fourth-order valence-electron chi connectivity index (χ4n) is 14.7. The molecule has 14 aromatic carbocycles. The van der Waals surface area contributed by atoms with Gasteiger partial charge in [-0.05, 0) is 120 Å². The Balaban J connectivity index is 0.000000137. The topological polar surface area (TPSA) is 84.2 Å². The summed E-state index contributed by atoms with van der Waals surface area (Å²) in [5.41, 5.74) is 20.8. The van der Waals surface area contributed by atoms with Crippen molar-refractivity contribution >= 4 is 98.1 Å². The van der Waals surface area contributed by atoms with Crippen LogP contribution in [0.25, 0.3) is 178 Å². The predicted octanol–water partition coefficient (Wildman–Crippen LogP) is 22.2. The molecule has 6 heterocycles. The zero-order valence-electron chi connectivity index (χ0n) is 52.9. The van der Waals surface area contributed by atoms with Crippen molar-refractivity contribution in [1.82, 2.24) is 43.2 Å². The van der Waals surface area contributed by atoms with Gasteiger partial charge in [0.2, 0.25) is 5.95 Å². The number of rotatable bonds is 9. The number of hydrogen-bond donors (Lipinski definition) is 0. The van der Waals surface area contributed by atoms with Gasteiger partial charge >= 0.3 is 0 Å². The summed E-state index contributed by atoms with van der Waals surface area (Å²) in [4.78, 5) is 25.1. The molecule has 9 nitrogen and oxygen atoms in total. The molecule has 0 aliphatic carbocycles. The zero-order chi connectivity index (χ0) is 64.6.